The molecule has 5 nitrogen and oxygen atoms in total. The van der Waals surface area contributed by atoms with Crippen molar-refractivity contribution in [3.05, 3.63) is 59.3 Å². The maximum atomic E-state index is 12.8. The SMILES string of the molecule is COc1ccc2[nH]cc(C(C)(C)CNS(=O)(=O)c3cc(C)ccc3C)c2c1. The standard InChI is InChI=1S/C21H26N2O3S/c1-14-6-7-15(2)20(10-14)27(24,25)23-13-21(3,4)18-12-22-19-9-8-16(26-5)11-17(18)19/h6-12,22-23H,13H2,1-5H3. The zero-order valence-electron chi connectivity index (χ0n) is 16.4. The first-order valence-corrected chi connectivity index (χ1v) is 10.3. The Bertz CT molecular complexity index is 1080. The molecule has 0 fully saturated rings. The van der Waals surface area contributed by atoms with Gasteiger partial charge < -0.3 is 9.72 Å². The van der Waals surface area contributed by atoms with E-state index in [0.29, 0.717) is 4.90 Å². The van der Waals surface area contributed by atoms with Gasteiger partial charge >= 0.3 is 0 Å². The molecule has 3 aromatic rings. The number of aryl methyl sites for hydroxylation is 2. The van der Waals surface area contributed by atoms with Gasteiger partial charge in [-0.15, -0.1) is 0 Å². The van der Waals surface area contributed by atoms with Crippen LogP contribution in [0.5, 0.6) is 5.75 Å². The summed E-state index contributed by atoms with van der Waals surface area (Å²) in [7, 11) is -1.95. The molecule has 0 aliphatic carbocycles. The third-order valence-corrected chi connectivity index (χ3v) is 6.50. The second-order valence-electron chi connectivity index (χ2n) is 7.59. The van der Waals surface area contributed by atoms with E-state index in [1.165, 1.54) is 0 Å². The van der Waals surface area contributed by atoms with Crippen molar-refractivity contribution in [1.29, 1.82) is 0 Å². The van der Waals surface area contributed by atoms with E-state index in [0.717, 1.165) is 33.3 Å². The zero-order valence-corrected chi connectivity index (χ0v) is 17.2. The maximum absolute atomic E-state index is 12.8. The van der Waals surface area contributed by atoms with Crippen LogP contribution in [-0.2, 0) is 15.4 Å². The molecule has 0 radical (unpaired) electrons. The van der Waals surface area contributed by atoms with Crippen LogP contribution in [0.25, 0.3) is 10.9 Å². The van der Waals surface area contributed by atoms with E-state index in [1.54, 1.807) is 13.2 Å². The Kier molecular flexibility index (Phi) is 5.06. The lowest BCUT2D eigenvalue weighted by atomic mass is 9.84. The second kappa shape index (κ2) is 7.02. The summed E-state index contributed by atoms with van der Waals surface area (Å²) in [5.74, 6) is 0.773. The molecule has 2 N–H and O–H groups in total. The monoisotopic (exact) mass is 386 g/mol. The van der Waals surface area contributed by atoms with Crippen LogP contribution in [-0.4, -0.2) is 27.1 Å². The first kappa shape index (κ1) is 19.5. The lowest BCUT2D eigenvalue weighted by Crippen LogP contribution is -2.36. The van der Waals surface area contributed by atoms with Crippen molar-refractivity contribution < 1.29 is 13.2 Å². The summed E-state index contributed by atoms with van der Waals surface area (Å²) in [5, 5.41) is 1.03. The van der Waals surface area contributed by atoms with E-state index in [1.807, 2.05) is 64.2 Å². The van der Waals surface area contributed by atoms with Crippen LogP contribution in [0, 0.1) is 13.8 Å². The number of aromatic amines is 1. The fraction of sp³-hybridized carbons (Fsp3) is 0.333. The molecule has 3 rings (SSSR count). The quantitative estimate of drug-likeness (QED) is 0.671. The predicted molar refractivity (Wildman–Crippen MR) is 109 cm³/mol. The molecule has 0 saturated carbocycles. The van der Waals surface area contributed by atoms with E-state index in [4.69, 9.17) is 4.74 Å². The number of rotatable bonds is 6. The maximum Gasteiger partial charge on any atom is 0.240 e. The summed E-state index contributed by atoms with van der Waals surface area (Å²) >= 11 is 0. The van der Waals surface area contributed by atoms with Crippen molar-refractivity contribution in [1.82, 2.24) is 9.71 Å². The van der Waals surface area contributed by atoms with Gasteiger partial charge in [0.05, 0.1) is 12.0 Å². The molecule has 0 saturated heterocycles. The Morgan fingerprint density at radius 2 is 1.85 bits per heavy atom. The van der Waals surface area contributed by atoms with Gasteiger partial charge in [-0.1, -0.05) is 26.0 Å². The van der Waals surface area contributed by atoms with Crippen molar-refractivity contribution in [2.75, 3.05) is 13.7 Å². The van der Waals surface area contributed by atoms with Gasteiger partial charge in [-0.25, -0.2) is 13.1 Å². The van der Waals surface area contributed by atoms with Crippen LogP contribution in [0.15, 0.2) is 47.5 Å². The van der Waals surface area contributed by atoms with E-state index < -0.39 is 15.4 Å². The van der Waals surface area contributed by atoms with Gasteiger partial charge in [0.1, 0.15) is 5.75 Å². The summed E-state index contributed by atoms with van der Waals surface area (Å²) in [4.78, 5) is 3.59. The van der Waals surface area contributed by atoms with Gasteiger partial charge in [-0.05, 0) is 54.8 Å². The van der Waals surface area contributed by atoms with Crippen LogP contribution in [0.3, 0.4) is 0 Å². The van der Waals surface area contributed by atoms with Crippen molar-refractivity contribution >= 4 is 20.9 Å². The molecule has 0 unspecified atom stereocenters. The topological polar surface area (TPSA) is 71.2 Å². The Morgan fingerprint density at radius 3 is 2.56 bits per heavy atom. The number of hydrogen-bond acceptors (Lipinski definition) is 3. The fourth-order valence-electron chi connectivity index (χ4n) is 3.23. The van der Waals surface area contributed by atoms with Gasteiger partial charge in [-0.3, -0.25) is 0 Å². The number of ether oxygens (including phenoxy) is 1. The number of aromatic nitrogens is 1. The predicted octanol–water partition coefficient (Wildman–Crippen LogP) is 4.05. The summed E-state index contributed by atoms with van der Waals surface area (Å²) in [6.07, 6.45) is 1.94. The molecular weight excluding hydrogens is 360 g/mol. The summed E-state index contributed by atoms with van der Waals surface area (Å²) in [6.45, 7) is 8.04. The molecule has 0 atom stereocenters. The largest absolute Gasteiger partial charge is 0.497 e. The minimum Gasteiger partial charge on any atom is -0.497 e. The van der Waals surface area contributed by atoms with Gasteiger partial charge in [-0.2, -0.15) is 0 Å². The smallest absolute Gasteiger partial charge is 0.240 e. The first-order chi connectivity index (χ1) is 12.6. The molecular formula is C21H26N2O3S. The third-order valence-electron chi connectivity index (χ3n) is 4.96. The summed E-state index contributed by atoms with van der Waals surface area (Å²) in [6, 6.07) is 11.3. The molecule has 1 aromatic heterocycles. The van der Waals surface area contributed by atoms with E-state index in [2.05, 4.69) is 9.71 Å². The molecule has 0 aliphatic heterocycles. The molecule has 1 heterocycles. The average molecular weight is 387 g/mol. The Balaban J connectivity index is 1.90. The highest BCUT2D eigenvalue weighted by molar-refractivity contribution is 7.89. The fourth-order valence-corrected chi connectivity index (χ4v) is 4.77. The number of nitrogens with one attached hydrogen (secondary N) is 2. The Hall–Kier alpha value is -2.31. The lowest BCUT2D eigenvalue weighted by molar-refractivity contribution is 0.415. The molecule has 27 heavy (non-hydrogen) atoms. The molecule has 2 aromatic carbocycles. The van der Waals surface area contributed by atoms with Crippen molar-refractivity contribution in [2.24, 2.45) is 0 Å². The second-order valence-corrected chi connectivity index (χ2v) is 9.33. The Morgan fingerprint density at radius 1 is 1.11 bits per heavy atom. The van der Waals surface area contributed by atoms with Crippen LogP contribution in [0.1, 0.15) is 30.5 Å². The number of benzene rings is 2. The minimum atomic E-state index is -3.59. The van der Waals surface area contributed by atoms with E-state index in [-0.39, 0.29) is 6.54 Å². The van der Waals surface area contributed by atoms with Gasteiger partial charge in [0, 0.05) is 29.1 Å². The van der Waals surface area contributed by atoms with Crippen LogP contribution >= 0.6 is 0 Å². The van der Waals surface area contributed by atoms with Gasteiger partial charge in [0.25, 0.3) is 0 Å². The molecule has 0 bridgehead atoms. The van der Waals surface area contributed by atoms with Crippen molar-refractivity contribution in [3.8, 4) is 5.75 Å². The van der Waals surface area contributed by atoms with Gasteiger partial charge in [0.15, 0.2) is 0 Å². The molecule has 6 heteroatoms. The number of fused-ring (bicyclic) bond motifs is 1. The van der Waals surface area contributed by atoms with Crippen LogP contribution in [0.4, 0.5) is 0 Å². The lowest BCUT2D eigenvalue weighted by Gasteiger charge is -2.25. The number of sulfonamides is 1. The van der Waals surface area contributed by atoms with Crippen LogP contribution in [0.2, 0.25) is 0 Å². The molecule has 144 valence electrons. The molecule has 0 spiro atoms. The summed E-state index contributed by atoms with van der Waals surface area (Å²) in [5.41, 5.74) is 3.29. The highest BCUT2D eigenvalue weighted by atomic mass is 32.2. The highest BCUT2D eigenvalue weighted by Crippen LogP contribution is 2.32. The van der Waals surface area contributed by atoms with Crippen LogP contribution < -0.4 is 9.46 Å². The van der Waals surface area contributed by atoms with E-state index in [9.17, 15) is 8.42 Å². The number of H-pyrrole nitrogens is 1. The number of methoxy groups -OCH3 is 1. The first-order valence-electron chi connectivity index (χ1n) is 8.86. The van der Waals surface area contributed by atoms with Crippen molar-refractivity contribution in [3.63, 3.8) is 0 Å². The summed E-state index contributed by atoms with van der Waals surface area (Å²) < 4.78 is 33.8. The minimum absolute atomic E-state index is 0.285. The highest BCUT2D eigenvalue weighted by Gasteiger charge is 2.27. The average Bonchev–Trinajstić information content (AvgIpc) is 3.06. The third kappa shape index (κ3) is 3.87. The Labute approximate surface area is 160 Å². The van der Waals surface area contributed by atoms with Crippen molar-refractivity contribution in [2.45, 2.75) is 38.0 Å². The molecule has 0 aliphatic rings. The van der Waals surface area contributed by atoms with Gasteiger partial charge in [0.2, 0.25) is 10.0 Å². The number of hydrogen-bond donors (Lipinski definition) is 2. The normalized spacial score (nSPS) is 12.5. The zero-order chi connectivity index (χ0) is 19.8. The molecule has 0 amide bonds. The van der Waals surface area contributed by atoms with E-state index >= 15 is 0 Å².